The van der Waals surface area contributed by atoms with Gasteiger partial charge in [0.2, 0.25) is 0 Å². The van der Waals surface area contributed by atoms with Crippen LogP contribution in [-0.4, -0.2) is 53.9 Å². The number of pyridine rings is 1. The molecule has 1 N–H and O–H groups in total. The van der Waals surface area contributed by atoms with Crippen LogP contribution in [0.4, 0.5) is 10.1 Å². The van der Waals surface area contributed by atoms with E-state index < -0.39 is 0 Å². The number of aromatic nitrogens is 1. The van der Waals surface area contributed by atoms with Gasteiger partial charge < -0.3 is 10.2 Å². The molecule has 1 aromatic heterocycles. The average Bonchev–Trinajstić information content (AvgIpc) is 2.62. The molecule has 2 aromatic rings. The summed E-state index contributed by atoms with van der Waals surface area (Å²) in [6, 6.07) is 9.01. The summed E-state index contributed by atoms with van der Waals surface area (Å²) in [7, 11) is 1.85. The van der Waals surface area contributed by atoms with Crippen LogP contribution in [0, 0.1) is 5.82 Å². The van der Waals surface area contributed by atoms with Crippen molar-refractivity contribution in [3.05, 3.63) is 59.7 Å². The molecule has 3 rings (SSSR count). The first kappa shape index (κ1) is 16.4. The van der Waals surface area contributed by atoms with Gasteiger partial charge in [-0.1, -0.05) is 0 Å². The number of nitrogens with one attached hydrogen (secondary N) is 1. The molecule has 1 aliphatic heterocycles. The number of anilines is 1. The predicted molar refractivity (Wildman–Crippen MR) is 91.4 cm³/mol. The largest absolute Gasteiger partial charge is 0.388 e. The van der Waals surface area contributed by atoms with E-state index in [9.17, 15) is 9.18 Å². The second-order valence-corrected chi connectivity index (χ2v) is 5.91. The van der Waals surface area contributed by atoms with E-state index >= 15 is 0 Å². The van der Waals surface area contributed by atoms with E-state index in [2.05, 4.69) is 15.2 Å². The predicted octanol–water partition coefficient (Wildman–Crippen LogP) is 2.22. The number of hydrogen-bond acceptors (Lipinski definition) is 4. The van der Waals surface area contributed by atoms with Gasteiger partial charge >= 0.3 is 0 Å². The summed E-state index contributed by atoms with van der Waals surface area (Å²) >= 11 is 0. The summed E-state index contributed by atoms with van der Waals surface area (Å²) in [5, 5.41) is 3.04. The lowest BCUT2D eigenvalue weighted by Gasteiger charge is -2.34. The van der Waals surface area contributed by atoms with Gasteiger partial charge in [-0.15, -0.1) is 0 Å². The molecule has 1 aliphatic rings. The molecule has 0 atom stereocenters. The number of halogens is 1. The second kappa shape index (κ2) is 7.40. The van der Waals surface area contributed by atoms with Gasteiger partial charge in [-0.25, -0.2) is 4.39 Å². The van der Waals surface area contributed by atoms with Crippen LogP contribution < -0.4 is 5.32 Å². The Bertz CT molecular complexity index is 696. The molecule has 126 valence electrons. The van der Waals surface area contributed by atoms with Crippen molar-refractivity contribution in [2.24, 2.45) is 0 Å². The minimum Gasteiger partial charge on any atom is -0.388 e. The van der Waals surface area contributed by atoms with Crippen molar-refractivity contribution in [2.45, 2.75) is 6.54 Å². The van der Waals surface area contributed by atoms with Crippen molar-refractivity contribution in [1.82, 2.24) is 14.8 Å². The lowest BCUT2D eigenvalue weighted by atomic mass is 10.1. The minimum absolute atomic E-state index is 0.0599. The van der Waals surface area contributed by atoms with Gasteiger partial charge in [0, 0.05) is 57.2 Å². The highest BCUT2D eigenvalue weighted by Crippen LogP contribution is 2.14. The smallest absolute Gasteiger partial charge is 0.253 e. The molecule has 0 saturated carbocycles. The molecular formula is C18H21FN4O. The Morgan fingerprint density at radius 3 is 2.50 bits per heavy atom. The molecular weight excluding hydrogens is 307 g/mol. The van der Waals surface area contributed by atoms with Crippen molar-refractivity contribution in [3.8, 4) is 0 Å². The van der Waals surface area contributed by atoms with E-state index in [4.69, 9.17) is 0 Å². The number of carbonyl (C=O) groups is 1. The summed E-state index contributed by atoms with van der Waals surface area (Å²) < 4.78 is 13.2. The molecule has 1 fully saturated rings. The van der Waals surface area contributed by atoms with Crippen LogP contribution >= 0.6 is 0 Å². The summed E-state index contributed by atoms with van der Waals surface area (Å²) in [5.74, 6) is -0.254. The molecule has 0 aliphatic carbocycles. The lowest BCUT2D eigenvalue weighted by molar-refractivity contribution is 0.0628. The van der Waals surface area contributed by atoms with Crippen LogP contribution in [0.25, 0.3) is 0 Å². The Balaban J connectivity index is 1.55. The summed E-state index contributed by atoms with van der Waals surface area (Å²) in [4.78, 5) is 20.5. The zero-order valence-corrected chi connectivity index (χ0v) is 13.7. The van der Waals surface area contributed by atoms with Crippen molar-refractivity contribution in [1.29, 1.82) is 0 Å². The minimum atomic E-state index is -0.314. The fraction of sp³-hybridized carbons (Fsp3) is 0.333. The highest BCUT2D eigenvalue weighted by atomic mass is 19.1. The molecule has 0 bridgehead atoms. The number of benzene rings is 1. The highest BCUT2D eigenvalue weighted by Gasteiger charge is 2.22. The van der Waals surface area contributed by atoms with Crippen LogP contribution in [0.5, 0.6) is 0 Å². The van der Waals surface area contributed by atoms with Gasteiger partial charge in [0.1, 0.15) is 5.82 Å². The Labute approximate surface area is 141 Å². The number of amides is 1. The molecule has 1 amide bonds. The molecule has 6 heteroatoms. The van der Waals surface area contributed by atoms with Crippen LogP contribution in [-0.2, 0) is 6.54 Å². The Morgan fingerprint density at radius 1 is 1.17 bits per heavy atom. The SMILES string of the molecule is CNc1ccc(C(=O)N2CCN(Cc3cncc(F)c3)CC2)cc1. The maximum absolute atomic E-state index is 13.2. The first-order chi connectivity index (χ1) is 11.7. The molecule has 0 spiro atoms. The monoisotopic (exact) mass is 328 g/mol. The molecule has 0 radical (unpaired) electrons. The Morgan fingerprint density at radius 2 is 1.88 bits per heavy atom. The zero-order valence-electron chi connectivity index (χ0n) is 13.7. The van der Waals surface area contributed by atoms with Gasteiger partial charge in [0.15, 0.2) is 0 Å². The first-order valence-corrected chi connectivity index (χ1v) is 8.04. The molecule has 2 heterocycles. The molecule has 24 heavy (non-hydrogen) atoms. The van der Waals surface area contributed by atoms with E-state index in [0.29, 0.717) is 25.2 Å². The van der Waals surface area contributed by atoms with Crippen LogP contribution in [0.2, 0.25) is 0 Å². The van der Waals surface area contributed by atoms with Gasteiger partial charge in [-0.2, -0.15) is 0 Å². The normalized spacial score (nSPS) is 15.3. The maximum Gasteiger partial charge on any atom is 0.253 e. The van der Waals surface area contributed by atoms with E-state index in [1.807, 2.05) is 36.2 Å². The zero-order chi connectivity index (χ0) is 16.9. The van der Waals surface area contributed by atoms with E-state index in [1.165, 1.54) is 12.3 Å². The van der Waals surface area contributed by atoms with Gasteiger partial charge in [-0.3, -0.25) is 14.7 Å². The third-order valence-electron chi connectivity index (χ3n) is 4.25. The topological polar surface area (TPSA) is 48.5 Å². The summed E-state index contributed by atoms with van der Waals surface area (Å²) in [5.41, 5.74) is 2.55. The summed E-state index contributed by atoms with van der Waals surface area (Å²) in [6.07, 6.45) is 2.89. The Kier molecular flexibility index (Phi) is 5.05. The van der Waals surface area contributed by atoms with Crippen molar-refractivity contribution in [3.63, 3.8) is 0 Å². The van der Waals surface area contributed by atoms with Crippen molar-refractivity contribution < 1.29 is 9.18 Å². The van der Waals surface area contributed by atoms with E-state index in [1.54, 1.807) is 6.20 Å². The average molecular weight is 328 g/mol. The first-order valence-electron chi connectivity index (χ1n) is 8.04. The fourth-order valence-electron chi connectivity index (χ4n) is 2.87. The lowest BCUT2D eigenvalue weighted by Crippen LogP contribution is -2.48. The quantitative estimate of drug-likeness (QED) is 0.935. The van der Waals surface area contributed by atoms with E-state index in [-0.39, 0.29) is 11.7 Å². The third kappa shape index (κ3) is 3.89. The van der Waals surface area contributed by atoms with Gasteiger partial charge in [0.05, 0.1) is 6.20 Å². The van der Waals surface area contributed by atoms with Gasteiger partial charge in [0.25, 0.3) is 5.91 Å². The number of carbonyl (C=O) groups excluding carboxylic acids is 1. The van der Waals surface area contributed by atoms with Crippen LogP contribution in [0.3, 0.4) is 0 Å². The van der Waals surface area contributed by atoms with Gasteiger partial charge in [-0.05, 0) is 35.9 Å². The van der Waals surface area contributed by atoms with Crippen LogP contribution in [0.15, 0.2) is 42.7 Å². The molecule has 0 unspecified atom stereocenters. The van der Waals surface area contributed by atoms with E-state index in [0.717, 1.165) is 24.3 Å². The fourth-order valence-corrected chi connectivity index (χ4v) is 2.87. The van der Waals surface area contributed by atoms with Crippen molar-refractivity contribution in [2.75, 3.05) is 38.5 Å². The number of hydrogen-bond donors (Lipinski definition) is 1. The molecule has 1 saturated heterocycles. The number of piperazine rings is 1. The Hall–Kier alpha value is -2.47. The number of rotatable bonds is 4. The molecule has 1 aromatic carbocycles. The van der Waals surface area contributed by atoms with Crippen LogP contribution in [0.1, 0.15) is 15.9 Å². The maximum atomic E-state index is 13.2. The second-order valence-electron chi connectivity index (χ2n) is 5.91. The number of nitrogens with zero attached hydrogens (tertiary/aromatic N) is 3. The third-order valence-corrected chi connectivity index (χ3v) is 4.25. The standard InChI is InChI=1S/C18H21FN4O/c1-20-17-4-2-15(3-5-17)18(24)23-8-6-22(7-9-23)13-14-10-16(19)12-21-11-14/h2-5,10-12,20H,6-9,13H2,1H3. The molecule has 5 nitrogen and oxygen atoms in total. The highest BCUT2D eigenvalue weighted by molar-refractivity contribution is 5.94. The van der Waals surface area contributed by atoms with Crippen molar-refractivity contribution >= 4 is 11.6 Å². The summed E-state index contributed by atoms with van der Waals surface area (Å²) in [6.45, 7) is 3.56.